The van der Waals surface area contributed by atoms with Crippen molar-refractivity contribution >= 4 is 38.9 Å². The lowest BCUT2D eigenvalue weighted by Crippen LogP contribution is -2.41. The summed E-state index contributed by atoms with van der Waals surface area (Å²) in [6.45, 7) is 3.41. The Morgan fingerprint density at radius 3 is 2.62 bits per heavy atom. The van der Waals surface area contributed by atoms with Crippen molar-refractivity contribution in [3.63, 3.8) is 0 Å². The highest BCUT2D eigenvalue weighted by Gasteiger charge is 2.28. The Morgan fingerprint density at radius 1 is 1.18 bits per heavy atom. The van der Waals surface area contributed by atoms with Crippen molar-refractivity contribution in [2.75, 3.05) is 26.3 Å². The Morgan fingerprint density at radius 2 is 1.88 bits per heavy atom. The van der Waals surface area contributed by atoms with Gasteiger partial charge in [-0.25, -0.2) is 13.4 Å². The number of aromatic nitrogens is 1. The van der Waals surface area contributed by atoms with Crippen LogP contribution in [0.4, 0.5) is 0 Å². The zero-order chi connectivity index (χ0) is 24.1. The number of nitrogens with one attached hydrogen (secondary N) is 1. The van der Waals surface area contributed by atoms with Crippen LogP contribution < -0.4 is 10.1 Å². The van der Waals surface area contributed by atoms with Crippen molar-refractivity contribution in [1.29, 1.82) is 0 Å². The number of morpholine rings is 1. The summed E-state index contributed by atoms with van der Waals surface area (Å²) in [4.78, 5) is 17.9. The number of carbonyl (C=O) groups is 1. The molecule has 0 bridgehead atoms. The summed E-state index contributed by atoms with van der Waals surface area (Å²) in [5, 5.41) is 4.11. The SMILES string of the molecule is Cc1nc(COc2ccc(Cl)cc2)sc1C(=O)NCc1ccccc1S(=O)(=O)N1CCOCC1. The molecule has 0 atom stereocenters. The van der Waals surface area contributed by atoms with Crippen LogP contribution in [0.2, 0.25) is 5.02 Å². The van der Waals surface area contributed by atoms with Gasteiger partial charge in [0.1, 0.15) is 22.2 Å². The maximum Gasteiger partial charge on any atom is 0.263 e. The fourth-order valence-corrected chi connectivity index (χ4v) is 6.13. The van der Waals surface area contributed by atoms with Crippen LogP contribution >= 0.6 is 22.9 Å². The summed E-state index contributed by atoms with van der Waals surface area (Å²) in [7, 11) is -3.68. The first-order valence-electron chi connectivity index (χ1n) is 10.6. The second-order valence-electron chi connectivity index (χ2n) is 7.57. The van der Waals surface area contributed by atoms with Crippen LogP contribution in [0.25, 0.3) is 0 Å². The number of rotatable bonds is 8. The van der Waals surface area contributed by atoms with E-state index < -0.39 is 10.0 Å². The van der Waals surface area contributed by atoms with Crippen LogP contribution in [0.1, 0.15) is 25.9 Å². The predicted molar refractivity (Wildman–Crippen MR) is 130 cm³/mol. The highest BCUT2D eigenvalue weighted by Crippen LogP contribution is 2.23. The Hall–Kier alpha value is -2.50. The van der Waals surface area contributed by atoms with Crippen LogP contribution in [-0.4, -0.2) is 49.9 Å². The topological polar surface area (TPSA) is 97.8 Å². The number of aryl methyl sites for hydroxylation is 1. The first-order valence-corrected chi connectivity index (χ1v) is 13.3. The molecule has 0 unspecified atom stereocenters. The molecule has 1 amide bonds. The lowest BCUT2D eigenvalue weighted by Gasteiger charge is -2.27. The van der Waals surface area contributed by atoms with Gasteiger partial charge in [0.15, 0.2) is 0 Å². The van der Waals surface area contributed by atoms with E-state index in [2.05, 4.69) is 10.3 Å². The molecule has 4 rings (SSSR count). The van der Waals surface area contributed by atoms with Gasteiger partial charge in [0, 0.05) is 24.7 Å². The number of ether oxygens (including phenoxy) is 2. The number of halogens is 1. The largest absolute Gasteiger partial charge is 0.486 e. The van der Waals surface area contributed by atoms with Gasteiger partial charge in [0.05, 0.1) is 23.8 Å². The summed E-state index contributed by atoms with van der Waals surface area (Å²) in [5.74, 6) is 0.340. The summed E-state index contributed by atoms with van der Waals surface area (Å²) in [6, 6.07) is 13.7. The van der Waals surface area contributed by atoms with Crippen molar-refractivity contribution in [2.24, 2.45) is 0 Å². The van der Waals surface area contributed by atoms with Crippen molar-refractivity contribution in [3.8, 4) is 5.75 Å². The highest BCUT2D eigenvalue weighted by molar-refractivity contribution is 7.89. The minimum Gasteiger partial charge on any atom is -0.486 e. The number of hydrogen-bond acceptors (Lipinski definition) is 7. The zero-order valence-electron chi connectivity index (χ0n) is 18.5. The molecule has 0 saturated carbocycles. The molecule has 2 aromatic carbocycles. The van der Waals surface area contributed by atoms with Gasteiger partial charge in [0.25, 0.3) is 5.91 Å². The van der Waals surface area contributed by atoms with Gasteiger partial charge in [-0.15, -0.1) is 11.3 Å². The van der Waals surface area contributed by atoms with E-state index in [9.17, 15) is 13.2 Å². The second-order valence-corrected chi connectivity index (χ2v) is 11.0. The van der Waals surface area contributed by atoms with E-state index >= 15 is 0 Å². The zero-order valence-corrected chi connectivity index (χ0v) is 20.9. The van der Waals surface area contributed by atoms with E-state index in [0.717, 1.165) is 0 Å². The molecule has 1 N–H and O–H groups in total. The van der Waals surface area contributed by atoms with Gasteiger partial charge in [-0.2, -0.15) is 4.31 Å². The fourth-order valence-electron chi connectivity index (χ4n) is 3.48. The van der Waals surface area contributed by atoms with Gasteiger partial charge < -0.3 is 14.8 Å². The third-order valence-electron chi connectivity index (χ3n) is 5.22. The molecule has 180 valence electrons. The molecule has 0 spiro atoms. The number of benzene rings is 2. The van der Waals surface area contributed by atoms with Crippen molar-refractivity contribution in [1.82, 2.24) is 14.6 Å². The number of sulfonamides is 1. The van der Waals surface area contributed by atoms with E-state index in [1.165, 1.54) is 15.6 Å². The van der Waals surface area contributed by atoms with Crippen molar-refractivity contribution < 1.29 is 22.7 Å². The third-order valence-corrected chi connectivity index (χ3v) is 8.60. The highest BCUT2D eigenvalue weighted by atomic mass is 35.5. The molecule has 1 fully saturated rings. The molecule has 34 heavy (non-hydrogen) atoms. The quantitative estimate of drug-likeness (QED) is 0.486. The van der Waals surface area contributed by atoms with Crippen LogP contribution in [0.5, 0.6) is 5.75 Å². The molecule has 1 saturated heterocycles. The molecule has 1 aromatic heterocycles. The molecule has 11 heteroatoms. The lowest BCUT2D eigenvalue weighted by molar-refractivity contribution is 0.0730. The molecule has 2 heterocycles. The van der Waals surface area contributed by atoms with Gasteiger partial charge in [-0.05, 0) is 42.8 Å². The number of thiazole rings is 1. The van der Waals surface area contributed by atoms with Gasteiger partial charge >= 0.3 is 0 Å². The van der Waals surface area contributed by atoms with Crippen molar-refractivity contribution in [2.45, 2.75) is 25.0 Å². The monoisotopic (exact) mass is 521 g/mol. The van der Waals surface area contributed by atoms with Crippen LogP contribution in [-0.2, 0) is 27.9 Å². The molecular formula is C23H24ClN3O5S2. The maximum atomic E-state index is 13.1. The molecule has 1 aliphatic rings. The fraction of sp³-hybridized carbons (Fsp3) is 0.304. The Bertz CT molecular complexity index is 1260. The predicted octanol–water partition coefficient (Wildman–Crippen LogP) is 3.63. The Kier molecular flexibility index (Phi) is 7.84. The number of carbonyl (C=O) groups excluding carboxylic acids is 1. The Labute approximate surface area is 207 Å². The van der Waals surface area contributed by atoms with E-state index in [1.807, 2.05) is 0 Å². The summed E-state index contributed by atoms with van der Waals surface area (Å²) < 4.78 is 38.6. The Balaban J connectivity index is 1.42. The van der Waals surface area contributed by atoms with E-state index in [1.54, 1.807) is 55.5 Å². The number of nitrogens with zero attached hydrogens (tertiary/aromatic N) is 2. The van der Waals surface area contributed by atoms with E-state index in [-0.39, 0.29) is 24.0 Å². The van der Waals surface area contributed by atoms with Crippen LogP contribution in [0, 0.1) is 6.92 Å². The minimum atomic E-state index is -3.68. The average Bonchev–Trinajstić information content (AvgIpc) is 3.23. The normalized spacial score (nSPS) is 14.6. The summed E-state index contributed by atoms with van der Waals surface area (Å²) in [6.07, 6.45) is 0. The number of amides is 1. The standard InChI is InChI=1S/C23H24ClN3O5S2/c1-16-22(33-21(26-16)15-32-19-8-6-18(24)7-9-19)23(28)25-14-17-4-2-3-5-20(17)34(29,30)27-10-12-31-13-11-27/h2-9H,10-15H2,1H3,(H,25,28). The summed E-state index contributed by atoms with van der Waals surface area (Å²) in [5.41, 5.74) is 1.11. The molecule has 8 nitrogen and oxygen atoms in total. The third kappa shape index (κ3) is 5.76. The van der Waals surface area contributed by atoms with Crippen LogP contribution in [0.3, 0.4) is 0 Å². The molecule has 1 aliphatic heterocycles. The first-order chi connectivity index (χ1) is 16.3. The van der Waals surface area contributed by atoms with Crippen molar-refractivity contribution in [3.05, 3.63) is 74.7 Å². The minimum absolute atomic E-state index is 0.0759. The molecular weight excluding hydrogens is 498 g/mol. The number of hydrogen-bond donors (Lipinski definition) is 1. The molecule has 0 aliphatic carbocycles. The summed E-state index contributed by atoms with van der Waals surface area (Å²) >= 11 is 7.13. The second kappa shape index (κ2) is 10.8. The van der Waals surface area contributed by atoms with E-state index in [0.29, 0.717) is 58.2 Å². The van der Waals surface area contributed by atoms with Gasteiger partial charge in [-0.3, -0.25) is 4.79 Å². The van der Waals surface area contributed by atoms with Crippen LogP contribution in [0.15, 0.2) is 53.4 Å². The molecule has 0 radical (unpaired) electrons. The van der Waals surface area contributed by atoms with E-state index in [4.69, 9.17) is 21.1 Å². The smallest absolute Gasteiger partial charge is 0.263 e. The average molecular weight is 522 g/mol. The first kappa shape index (κ1) is 24.6. The maximum absolute atomic E-state index is 13.1. The lowest BCUT2D eigenvalue weighted by atomic mass is 10.2. The van der Waals surface area contributed by atoms with Gasteiger partial charge in [0.2, 0.25) is 10.0 Å². The molecule has 3 aromatic rings. The van der Waals surface area contributed by atoms with Gasteiger partial charge in [-0.1, -0.05) is 29.8 Å².